The summed E-state index contributed by atoms with van der Waals surface area (Å²) in [5.41, 5.74) is -0.291. The van der Waals surface area contributed by atoms with Gasteiger partial charge in [-0.25, -0.2) is 4.98 Å². The number of ether oxygens (including phenoxy) is 2. The molecule has 1 unspecified atom stereocenters. The Balaban J connectivity index is 1.71. The standard InChI is InChI=1S/C18H23N3O4/c1-14-5-3-4-6-15(14)25-13-18(23)11-21(9-10-24-12-18)17(22)16-19-7-8-20(16)2/h3-8,23H,9-13H2,1-2H3. The Bertz CT molecular complexity index is 745. The minimum Gasteiger partial charge on any atom is -0.490 e. The summed E-state index contributed by atoms with van der Waals surface area (Å²) in [5.74, 6) is 0.818. The van der Waals surface area contributed by atoms with Gasteiger partial charge >= 0.3 is 0 Å². The topological polar surface area (TPSA) is 76.8 Å². The minimum absolute atomic E-state index is 0.0438. The van der Waals surface area contributed by atoms with Crippen molar-refractivity contribution in [3.63, 3.8) is 0 Å². The average Bonchev–Trinajstić information content (AvgIpc) is 2.92. The summed E-state index contributed by atoms with van der Waals surface area (Å²) in [4.78, 5) is 18.3. The normalized spacial score (nSPS) is 21.0. The molecule has 1 atom stereocenters. The highest BCUT2D eigenvalue weighted by molar-refractivity contribution is 5.90. The molecule has 0 aliphatic carbocycles. The summed E-state index contributed by atoms with van der Waals surface area (Å²) < 4.78 is 13.0. The number of hydrogen-bond acceptors (Lipinski definition) is 5. The van der Waals surface area contributed by atoms with Gasteiger partial charge in [0.2, 0.25) is 0 Å². The predicted molar refractivity (Wildman–Crippen MR) is 91.6 cm³/mol. The summed E-state index contributed by atoms with van der Waals surface area (Å²) in [5, 5.41) is 10.9. The van der Waals surface area contributed by atoms with Crippen molar-refractivity contribution in [1.82, 2.24) is 14.5 Å². The van der Waals surface area contributed by atoms with Crippen LogP contribution in [-0.2, 0) is 11.8 Å². The molecule has 1 aliphatic heterocycles. The van der Waals surface area contributed by atoms with Gasteiger partial charge in [0.25, 0.3) is 5.91 Å². The van der Waals surface area contributed by atoms with Crippen LogP contribution in [0.3, 0.4) is 0 Å². The van der Waals surface area contributed by atoms with E-state index >= 15 is 0 Å². The van der Waals surface area contributed by atoms with E-state index in [1.807, 2.05) is 31.2 Å². The zero-order chi connectivity index (χ0) is 17.9. The van der Waals surface area contributed by atoms with Gasteiger partial charge < -0.3 is 24.0 Å². The van der Waals surface area contributed by atoms with Crippen LogP contribution >= 0.6 is 0 Å². The maximum atomic E-state index is 12.7. The molecule has 3 rings (SSSR count). The first-order valence-electron chi connectivity index (χ1n) is 8.24. The number of imidazole rings is 1. The number of aliphatic hydroxyl groups is 1. The highest BCUT2D eigenvalue weighted by Crippen LogP contribution is 2.20. The Morgan fingerprint density at radius 2 is 2.24 bits per heavy atom. The predicted octanol–water partition coefficient (Wildman–Crippen LogP) is 1.01. The zero-order valence-corrected chi connectivity index (χ0v) is 14.5. The van der Waals surface area contributed by atoms with Crippen molar-refractivity contribution in [2.45, 2.75) is 12.5 Å². The van der Waals surface area contributed by atoms with Crippen molar-refractivity contribution < 1.29 is 19.4 Å². The van der Waals surface area contributed by atoms with Crippen molar-refractivity contribution in [1.29, 1.82) is 0 Å². The second kappa shape index (κ2) is 7.25. The lowest BCUT2D eigenvalue weighted by Crippen LogP contribution is -2.50. The molecule has 0 spiro atoms. The van der Waals surface area contributed by atoms with E-state index in [-0.39, 0.29) is 25.7 Å². The molecule has 0 saturated carbocycles. The SMILES string of the molecule is Cc1ccccc1OCC1(O)COCCN(C(=O)c2nccn2C)C1. The van der Waals surface area contributed by atoms with Gasteiger partial charge in [0, 0.05) is 26.0 Å². The quantitative estimate of drug-likeness (QED) is 0.895. The maximum absolute atomic E-state index is 12.7. The Hall–Kier alpha value is -2.38. The van der Waals surface area contributed by atoms with Crippen molar-refractivity contribution in [2.24, 2.45) is 7.05 Å². The van der Waals surface area contributed by atoms with E-state index in [2.05, 4.69) is 4.98 Å². The number of aromatic nitrogens is 2. The fourth-order valence-corrected chi connectivity index (χ4v) is 2.82. The van der Waals surface area contributed by atoms with Gasteiger partial charge in [-0.15, -0.1) is 0 Å². The lowest BCUT2D eigenvalue weighted by molar-refractivity contribution is -0.0622. The van der Waals surface area contributed by atoms with Crippen molar-refractivity contribution >= 4 is 5.91 Å². The number of carbonyl (C=O) groups excluding carboxylic acids is 1. The molecule has 1 aromatic carbocycles. The van der Waals surface area contributed by atoms with Crippen LogP contribution in [0.15, 0.2) is 36.7 Å². The summed E-state index contributed by atoms with van der Waals surface area (Å²) in [6.45, 7) is 3.00. The molecule has 134 valence electrons. The molecule has 25 heavy (non-hydrogen) atoms. The first kappa shape index (κ1) is 17.4. The van der Waals surface area contributed by atoms with Crippen LogP contribution in [-0.4, -0.2) is 64.0 Å². The van der Waals surface area contributed by atoms with E-state index in [1.54, 1.807) is 28.9 Å². The van der Waals surface area contributed by atoms with Gasteiger partial charge in [-0.05, 0) is 18.6 Å². The number of β-amino-alcohol motifs (C(OH)–C–C–N with tert-alkyl or cyclic N) is 1. The molecule has 0 radical (unpaired) electrons. The largest absolute Gasteiger partial charge is 0.490 e. The smallest absolute Gasteiger partial charge is 0.290 e. The summed E-state index contributed by atoms with van der Waals surface area (Å²) in [6, 6.07) is 7.61. The Morgan fingerprint density at radius 3 is 2.96 bits per heavy atom. The Kier molecular flexibility index (Phi) is 5.06. The van der Waals surface area contributed by atoms with Gasteiger partial charge in [0.05, 0.1) is 19.8 Å². The van der Waals surface area contributed by atoms with E-state index in [0.29, 0.717) is 24.7 Å². The van der Waals surface area contributed by atoms with Gasteiger partial charge in [-0.2, -0.15) is 0 Å². The van der Waals surface area contributed by atoms with Gasteiger partial charge in [0.15, 0.2) is 5.82 Å². The first-order chi connectivity index (χ1) is 12.0. The molecule has 1 fully saturated rings. The van der Waals surface area contributed by atoms with Crippen molar-refractivity contribution in [3.05, 3.63) is 48.0 Å². The van der Waals surface area contributed by atoms with Gasteiger partial charge in [-0.1, -0.05) is 18.2 Å². The van der Waals surface area contributed by atoms with Crippen LogP contribution in [0.5, 0.6) is 5.75 Å². The fourth-order valence-electron chi connectivity index (χ4n) is 2.82. The van der Waals surface area contributed by atoms with E-state index in [4.69, 9.17) is 9.47 Å². The summed E-state index contributed by atoms with van der Waals surface area (Å²) >= 11 is 0. The van der Waals surface area contributed by atoms with E-state index < -0.39 is 5.60 Å². The van der Waals surface area contributed by atoms with E-state index in [1.165, 1.54) is 0 Å². The molecule has 0 bridgehead atoms. The number of benzene rings is 1. The summed E-state index contributed by atoms with van der Waals surface area (Å²) in [7, 11) is 1.77. The van der Waals surface area contributed by atoms with Crippen molar-refractivity contribution in [2.75, 3.05) is 32.9 Å². The third kappa shape index (κ3) is 4.00. The monoisotopic (exact) mass is 345 g/mol. The molecular formula is C18H23N3O4. The number of rotatable bonds is 4. The lowest BCUT2D eigenvalue weighted by atomic mass is 10.1. The molecule has 1 aromatic heterocycles. The van der Waals surface area contributed by atoms with Crippen LogP contribution in [0, 0.1) is 6.92 Å². The summed E-state index contributed by atoms with van der Waals surface area (Å²) in [6.07, 6.45) is 3.30. The highest BCUT2D eigenvalue weighted by Gasteiger charge is 2.36. The molecular weight excluding hydrogens is 322 g/mol. The van der Waals surface area contributed by atoms with E-state index in [9.17, 15) is 9.90 Å². The molecule has 7 heteroatoms. The molecule has 2 aromatic rings. The molecule has 2 heterocycles. The van der Waals surface area contributed by atoms with Crippen molar-refractivity contribution in [3.8, 4) is 5.75 Å². The molecule has 1 aliphatic rings. The second-order valence-electron chi connectivity index (χ2n) is 6.42. The maximum Gasteiger partial charge on any atom is 0.290 e. The van der Waals surface area contributed by atoms with Crippen LogP contribution in [0.1, 0.15) is 16.2 Å². The van der Waals surface area contributed by atoms with Crippen LogP contribution < -0.4 is 4.74 Å². The zero-order valence-electron chi connectivity index (χ0n) is 14.5. The number of carbonyl (C=O) groups is 1. The second-order valence-corrected chi connectivity index (χ2v) is 6.42. The number of nitrogens with zero attached hydrogens (tertiary/aromatic N) is 3. The minimum atomic E-state index is -1.28. The van der Waals surface area contributed by atoms with Crippen LogP contribution in [0.2, 0.25) is 0 Å². The van der Waals surface area contributed by atoms with Crippen LogP contribution in [0.25, 0.3) is 0 Å². The third-order valence-electron chi connectivity index (χ3n) is 4.25. The number of aryl methyl sites for hydroxylation is 2. The number of hydrogen-bond donors (Lipinski definition) is 1. The number of para-hydroxylation sites is 1. The molecule has 1 saturated heterocycles. The fraction of sp³-hybridized carbons (Fsp3) is 0.444. The average molecular weight is 345 g/mol. The molecule has 1 N–H and O–H groups in total. The van der Waals surface area contributed by atoms with Crippen LogP contribution in [0.4, 0.5) is 0 Å². The molecule has 7 nitrogen and oxygen atoms in total. The highest BCUT2D eigenvalue weighted by atomic mass is 16.5. The van der Waals surface area contributed by atoms with Gasteiger partial charge in [0.1, 0.15) is 18.0 Å². The molecule has 1 amide bonds. The first-order valence-corrected chi connectivity index (χ1v) is 8.24. The lowest BCUT2D eigenvalue weighted by Gasteiger charge is -2.30. The van der Waals surface area contributed by atoms with E-state index in [0.717, 1.165) is 5.56 Å². The Morgan fingerprint density at radius 1 is 1.44 bits per heavy atom. The number of amides is 1. The third-order valence-corrected chi connectivity index (χ3v) is 4.25. The van der Waals surface area contributed by atoms with Gasteiger partial charge in [-0.3, -0.25) is 4.79 Å². The Labute approximate surface area is 146 Å².